The molecule has 0 aromatic heterocycles. The minimum atomic E-state index is -0.184. The van der Waals surface area contributed by atoms with E-state index in [1.165, 1.54) is 5.39 Å². The van der Waals surface area contributed by atoms with E-state index in [2.05, 4.69) is 44.2 Å². The van der Waals surface area contributed by atoms with Crippen LogP contribution in [-0.4, -0.2) is 11.7 Å². The van der Waals surface area contributed by atoms with E-state index in [-0.39, 0.29) is 23.0 Å². The zero-order chi connectivity index (χ0) is 21.8. The first-order valence-corrected chi connectivity index (χ1v) is 11.0. The fraction of sp³-hybridized carbons (Fsp3) is 0.286. The number of fused-ring (bicyclic) bond motifs is 1. The molecule has 0 spiro atoms. The van der Waals surface area contributed by atoms with Crippen LogP contribution in [0.5, 0.6) is 0 Å². The molecular weight excluding hydrogens is 382 g/mol. The maximum atomic E-state index is 13.5. The number of hydrogen-bond donors (Lipinski definition) is 0. The first kappa shape index (κ1) is 19.7. The Balaban J connectivity index is 1.69. The van der Waals surface area contributed by atoms with Crippen LogP contribution in [0.3, 0.4) is 0 Å². The molecule has 0 radical (unpaired) electrons. The van der Waals surface area contributed by atoms with Gasteiger partial charge >= 0.3 is 0 Å². The smallest absolute Gasteiger partial charge is 0.232 e. The van der Waals surface area contributed by atoms with Gasteiger partial charge in [0.1, 0.15) is 0 Å². The van der Waals surface area contributed by atoms with Gasteiger partial charge in [-0.25, -0.2) is 0 Å². The topological polar surface area (TPSA) is 37.4 Å². The lowest BCUT2D eigenvalue weighted by Gasteiger charge is -2.43. The maximum absolute atomic E-state index is 13.5. The number of allylic oxidation sites excluding steroid dienone is 2. The minimum Gasteiger partial charge on any atom is -0.294 e. The zero-order valence-corrected chi connectivity index (χ0v) is 18.3. The first-order valence-electron chi connectivity index (χ1n) is 11.0. The summed E-state index contributed by atoms with van der Waals surface area (Å²) in [6.45, 7) is 6.27. The van der Waals surface area contributed by atoms with E-state index in [1.54, 1.807) is 0 Å². The van der Waals surface area contributed by atoms with E-state index < -0.39 is 0 Å². The molecule has 1 amide bonds. The molecule has 0 saturated carbocycles. The normalized spacial score (nSPS) is 20.9. The highest BCUT2D eigenvalue weighted by molar-refractivity contribution is 6.08. The summed E-state index contributed by atoms with van der Waals surface area (Å²) in [6, 6.07) is 22.6. The van der Waals surface area contributed by atoms with Gasteiger partial charge < -0.3 is 0 Å². The van der Waals surface area contributed by atoms with Crippen molar-refractivity contribution in [3.63, 3.8) is 0 Å². The monoisotopic (exact) mass is 409 g/mol. The van der Waals surface area contributed by atoms with Gasteiger partial charge in [0.05, 0.1) is 0 Å². The van der Waals surface area contributed by atoms with Gasteiger partial charge in [-0.15, -0.1) is 0 Å². The largest absolute Gasteiger partial charge is 0.294 e. The van der Waals surface area contributed by atoms with Crippen LogP contribution in [-0.2, 0) is 9.59 Å². The number of rotatable bonds is 2. The number of anilines is 1. The average molecular weight is 410 g/mol. The molecule has 0 fully saturated rings. The second kappa shape index (κ2) is 7.19. The quantitative estimate of drug-likeness (QED) is 0.497. The van der Waals surface area contributed by atoms with Crippen molar-refractivity contribution in [3.05, 3.63) is 89.1 Å². The Hall–Kier alpha value is -3.20. The summed E-state index contributed by atoms with van der Waals surface area (Å²) in [5, 5.41) is 2.30. The van der Waals surface area contributed by atoms with Crippen molar-refractivity contribution in [1.29, 1.82) is 0 Å². The Kier molecular flexibility index (Phi) is 4.58. The van der Waals surface area contributed by atoms with Crippen molar-refractivity contribution in [1.82, 2.24) is 0 Å². The minimum absolute atomic E-state index is 0.0630. The van der Waals surface area contributed by atoms with Gasteiger partial charge in [0.2, 0.25) is 5.91 Å². The average Bonchev–Trinajstić information content (AvgIpc) is 2.71. The number of carbonyl (C=O) groups excluding carboxylic acids is 2. The Morgan fingerprint density at radius 1 is 0.871 bits per heavy atom. The Morgan fingerprint density at radius 3 is 2.42 bits per heavy atom. The summed E-state index contributed by atoms with van der Waals surface area (Å²) < 4.78 is 0. The van der Waals surface area contributed by atoms with Crippen molar-refractivity contribution in [2.75, 3.05) is 4.90 Å². The SMILES string of the molecule is Cc1cccc(N2C(=O)CC(c3ccc4ccccc4c3)C3=C2CC(C)(C)CC3=O)c1. The van der Waals surface area contributed by atoms with Gasteiger partial charge in [0.25, 0.3) is 0 Å². The summed E-state index contributed by atoms with van der Waals surface area (Å²) in [7, 11) is 0. The Bertz CT molecular complexity index is 1250. The van der Waals surface area contributed by atoms with Crippen LogP contribution in [0.1, 0.15) is 50.2 Å². The van der Waals surface area contributed by atoms with E-state index in [0.717, 1.165) is 39.9 Å². The highest BCUT2D eigenvalue weighted by Crippen LogP contribution is 2.48. The fourth-order valence-electron chi connectivity index (χ4n) is 5.19. The van der Waals surface area contributed by atoms with E-state index in [4.69, 9.17) is 0 Å². The molecule has 5 rings (SSSR count). The molecule has 1 atom stereocenters. The summed E-state index contributed by atoms with van der Waals surface area (Å²) >= 11 is 0. The summed E-state index contributed by atoms with van der Waals surface area (Å²) in [5.41, 5.74) is 4.57. The third kappa shape index (κ3) is 3.48. The first-order chi connectivity index (χ1) is 14.8. The lowest BCUT2D eigenvalue weighted by atomic mass is 9.69. The molecule has 0 N–H and O–H groups in total. The third-order valence-electron chi connectivity index (χ3n) is 6.58. The molecule has 3 aromatic rings. The van der Waals surface area contributed by atoms with Crippen molar-refractivity contribution in [3.8, 4) is 0 Å². The standard InChI is InChI=1S/C28H27NO2/c1-18-7-6-10-22(13-18)29-24-16-28(2,3)17-25(30)27(24)23(15-26(29)31)21-12-11-19-8-4-5-9-20(19)14-21/h4-14,23H,15-17H2,1-3H3. The van der Waals surface area contributed by atoms with Gasteiger partial charge in [-0.2, -0.15) is 0 Å². The van der Waals surface area contributed by atoms with Crippen molar-refractivity contribution < 1.29 is 9.59 Å². The number of hydrogen-bond acceptors (Lipinski definition) is 2. The summed E-state index contributed by atoms with van der Waals surface area (Å²) in [4.78, 5) is 28.8. The van der Waals surface area contributed by atoms with Crippen LogP contribution in [0, 0.1) is 12.3 Å². The van der Waals surface area contributed by atoms with Gasteiger partial charge in [0.15, 0.2) is 5.78 Å². The van der Waals surface area contributed by atoms with Gasteiger partial charge in [-0.1, -0.05) is 68.4 Å². The van der Waals surface area contributed by atoms with Crippen LogP contribution >= 0.6 is 0 Å². The lowest BCUT2D eigenvalue weighted by molar-refractivity contribution is -0.121. The van der Waals surface area contributed by atoms with Crippen LogP contribution in [0.4, 0.5) is 5.69 Å². The molecule has 1 aliphatic heterocycles. The van der Waals surface area contributed by atoms with Crippen LogP contribution in [0.25, 0.3) is 10.8 Å². The predicted molar refractivity (Wildman–Crippen MR) is 125 cm³/mol. The second-order valence-corrected chi connectivity index (χ2v) is 9.73. The number of Topliss-reactive ketones (excluding diaryl/α,β-unsaturated/α-hetero) is 1. The number of aryl methyl sites for hydroxylation is 1. The van der Waals surface area contributed by atoms with Crippen LogP contribution < -0.4 is 4.90 Å². The Labute approximate surface area is 183 Å². The van der Waals surface area contributed by atoms with E-state index in [0.29, 0.717) is 12.8 Å². The van der Waals surface area contributed by atoms with Gasteiger partial charge in [-0.05, 0) is 52.8 Å². The number of benzene rings is 3. The molecule has 3 heteroatoms. The molecule has 1 aliphatic carbocycles. The molecule has 156 valence electrons. The fourth-order valence-corrected chi connectivity index (χ4v) is 5.19. The lowest BCUT2D eigenvalue weighted by Crippen LogP contribution is -2.43. The molecule has 0 saturated heterocycles. The van der Waals surface area contributed by atoms with E-state index in [1.807, 2.05) is 48.2 Å². The number of amides is 1. The molecular formula is C28H27NO2. The van der Waals surface area contributed by atoms with Gasteiger partial charge in [-0.3, -0.25) is 14.5 Å². The number of ketones is 1. The van der Waals surface area contributed by atoms with Crippen molar-refractivity contribution in [2.24, 2.45) is 5.41 Å². The predicted octanol–water partition coefficient (Wildman–Crippen LogP) is 6.31. The van der Waals surface area contributed by atoms with E-state index >= 15 is 0 Å². The van der Waals surface area contributed by atoms with Gasteiger partial charge in [0, 0.05) is 35.7 Å². The molecule has 1 heterocycles. The third-order valence-corrected chi connectivity index (χ3v) is 6.58. The summed E-state index contributed by atoms with van der Waals surface area (Å²) in [5.74, 6) is 0.0549. The number of carbonyl (C=O) groups is 2. The van der Waals surface area contributed by atoms with Crippen molar-refractivity contribution >= 4 is 28.2 Å². The highest BCUT2D eigenvalue weighted by Gasteiger charge is 2.44. The number of nitrogens with zero attached hydrogens (tertiary/aromatic N) is 1. The summed E-state index contributed by atoms with van der Waals surface area (Å²) in [6.07, 6.45) is 1.56. The van der Waals surface area contributed by atoms with Crippen LogP contribution in [0.2, 0.25) is 0 Å². The van der Waals surface area contributed by atoms with Crippen molar-refractivity contribution in [2.45, 2.75) is 46.0 Å². The molecule has 3 nitrogen and oxygen atoms in total. The second-order valence-electron chi connectivity index (χ2n) is 9.73. The molecule has 31 heavy (non-hydrogen) atoms. The molecule has 3 aromatic carbocycles. The Morgan fingerprint density at radius 2 is 1.65 bits per heavy atom. The van der Waals surface area contributed by atoms with E-state index in [9.17, 15) is 9.59 Å². The molecule has 1 unspecified atom stereocenters. The molecule has 2 aliphatic rings. The zero-order valence-electron chi connectivity index (χ0n) is 18.3. The molecule has 0 bridgehead atoms. The maximum Gasteiger partial charge on any atom is 0.232 e. The van der Waals surface area contributed by atoms with Crippen LogP contribution in [0.15, 0.2) is 78.0 Å². The highest BCUT2D eigenvalue weighted by atomic mass is 16.2.